The van der Waals surface area contributed by atoms with Gasteiger partial charge in [-0.2, -0.15) is 0 Å². The summed E-state index contributed by atoms with van der Waals surface area (Å²) in [5.74, 6) is -1.39. The molecular formula is C21H21F2N5O2. The summed E-state index contributed by atoms with van der Waals surface area (Å²) < 4.78 is 27.8. The molecule has 9 heteroatoms. The normalized spacial score (nSPS) is 19.2. The standard InChI is InChI=1S/C21H21F2N5O2/c22-14-5-1-3-7-16(14)24-20(30)17-13-19(29)26-21(25-17)28-11-9-27(10-12-28)18-8-4-2-6-15(18)23/h1-8,17H,9-13H2,(H,24,30)(H,25,26,29)/t17-/m1/s1. The maximum absolute atomic E-state index is 14.0. The Morgan fingerprint density at radius 2 is 1.60 bits per heavy atom. The van der Waals surface area contributed by atoms with Crippen molar-refractivity contribution in [2.75, 3.05) is 36.4 Å². The first kappa shape index (κ1) is 19.8. The van der Waals surface area contributed by atoms with E-state index in [1.54, 1.807) is 24.3 Å². The Kier molecular flexibility index (Phi) is 5.60. The third-order valence-corrected chi connectivity index (χ3v) is 5.11. The van der Waals surface area contributed by atoms with Crippen molar-refractivity contribution in [1.82, 2.24) is 10.2 Å². The van der Waals surface area contributed by atoms with Crippen LogP contribution >= 0.6 is 0 Å². The van der Waals surface area contributed by atoms with Crippen molar-refractivity contribution in [3.05, 3.63) is 60.2 Å². The lowest BCUT2D eigenvalue weighted by molar-refractivity contribution is -0.125. The van der Waals surface area contributed by atoms with E-state index in [0.29, 0.717) is 37.8 Å². The second kappa shape index (κ2) is 8.48. The SMILES string of the molecule is O=C1C[C@H](C(=O)Nc2ccccc2F)N=C(N2CCN(c3ccccc3F)CC2)N1. The summed E-state index contributed by atoms with van der Waals surface area (Å²) in [5.41, 5.74) is 0.581. The molecule has 4 rings (SSSR count). The molecule has 30 heavy (non-hydrogen) atoms. The highest BCUT2D eigenvalue weighted by molar-refractivity contribution is 6.06. The van der Waals surface area contributed by atoms with E-state index in [0.717, 1.165) is 0 Å². The molecule has 0 spiro atoms. The molecule has 2 aliphatic heterocycles. The smallest absolute Gasteiger partial charge is 0.249 e. The number of guanidine groups is 1. The number of hydrogen-bond donors (Lipinski definition) is 2. The van der Waals surface area contributed by atoms with Gasteiger partial charge in [-0.1, -0.05) is 24.3 Å². The molecule has 0 saturated carbocycles. The van der Waals surface area contributed by atoms with Gasteiger partial charge in [0.25, 0.3) is 0 Å². The van der Waals surface area contributed by atoms with Crippen LogP contribution in [0.1, 0.15) is 6.42 Å². The maximum Gasteiger partial charge on any atom is 0.249 e. The van der Waals surface area contributed by atoms with E-state index < -0.39 is 17.8 Å². The monoisotopic (exact) mass is 413 g/mol. The van der Waals surface area contributed by atoms with Gasteiger partial charge in [-0.25, -0.2) is 13.8 Å². The van der Waals surface area contributed by atoms with Crippen molar-refractivity contribution < 1.29 is 18.4 Å². The molecule has 2 aliphatic rings. The number of carbonyl (C=O) groups is 2. The van der Waals surface area contributed by atoms with Gasteiger partial charge in [0.2, 0.25) is 17.8 Å². The molecule has 2 N–H and O–H groups in total. The van der Waals surface area contributed by atoms with E-state index in [1.807, 2.05) is 9.80 Å². The molecule has 2 aromatic carbocycles. The van der Waals surface area contributed by atoms with Crippen LogP contribution < -0.4 is 15.5 Å². The van der Waals surface area contributed by atoms with Gasteiger partial charge in [0.05, 0.1) is 17.8 Å². The van der Waals surface area contributed by atoms with Crippen LogP contribution in [0.15, 0.2) is 53.5 Å². The van der Waals surface area contributed by atoms with Gasteiger partial charge < -0.3 is 15.1 Å². The average molecular weight is 413 g/mol. The predicted molar refractivity (Wildman–Crippen MR) is 109 cm³/mol. The lowest BCUT2D eigenvalue weighted by atomic mass is 10.1. The second-order valence-electron chi connectivity index (χ2n) is 7.12. The Morgan fingerprint density at radius 1 is 0.967 bits per heavy atom. The molecular weight excluding hydrogens is 392 g/mol. The molecule has 0 aromatic heterocycles. The van der Waals surface area contributed by atoms with Gasteiger partial charge in [0, 0.05) is 26.2 Å². The fraction of sp³-hybridized carbons (Fsp3) is 0.286. The van der Waals surface area contributed by atoms with Gasteiger partial charge >= 0.3 is 0 Å². The molecule has 2 heterocycles. The fourth-order valence-corrected chi connectivity index (χ4v) is 3.53. The summed E-state index contributed by atoms with van der Waals surface area (Å²) in [5, 5.41) is 5.19. The highest BCUT2D eigenvalue weighted by Crippen LogP contribution is 2.21. The Balaban J connectivity index is 1.43. The van der Waals surface area contributed by atoms with Crippen LogP contribution in [0.5, 0.6) is 0 Å². The minimum atomic E-state index is -0.946. The summed E-state index contributed by atoms with van der Waals surface area (Å²) in [6.45, 7) is 2.11. The van der Waals surface area contributed by atoms with Crippen molar-refractivity contribution in [2.24, 2.45) is 4.99 Å². The van der Waals surface area contributed by atoms with Crippen LogP contribution in [0.2, 0.25) is 0 Å². The molecule has 1 fully saturated rings. The third-order valence-electron chi connectivity index (χ3n) is 5.11. The van der Waals surface area contributed by atoms with Crippen molar-refractivity contribution >= 4 is 29.1 Å². The Hall–Kier alpha value is -3.49. The average Bonchev–Trinajstić information content (AvgIpc) is 2.75. The number of halogens is 2. The zero-order valence-corrected chi connectivity index (χ0v) is 16.1. The quantitative estimate of drug-likeness (QED) is 0.807. The molecule has 156 valence electrons. The van der Waals surface area contributed by atoms with E-state index in [9.17, 15) is 18.4 Å². The number of nitrogens with zero attached hydrogens (tertiary/aromatic N) is 3. The van der Waals surface area contributed by atoms with E-state index >= 15 is 0 Å². The van der Waals surface area contributed by atoms with E-state index in [2.05, 4.69) is 15.6 Å². The van der Waals surface area contributed by atoms with Gasteiger partial charge in [-0.15, -0.1) is 0 Å². The Bertz CT molecular complexity index is 989. The van der Waals surface area contributed by atoms with Crippen molar-refractivity contribution in [3.63, 3.8) is 0 Å². The first-order chi connectivity index (χ1) is 14.5. The molecule has 1 atom stereocenters. The Morgan fingerprint density at radius 3 is 2.30 bits per heavy atom. The summed E-state index contributed by atoms with van der Waals surface area (Å²) >= 11 is 0. The van der Waals surface area contributed by atoms with Crippen LogP contribution in [0.25, 0.3) is 0 Å². The summed E-state index contributed by atoms with van der Waals surface area (Å²) in [4.78, 5) is 32.9. The molecule has 1 saturated heterocycles. The van der Waals surface area contributed by atoms with Crippen LogP contribution in [-0.2, 0) is 9.59 Å². The lowest BCUT2D eigenvalue weighted by Crippen LogP contribution is -2.56. The summed E-state index contributed by atoms with van der Waals surface area (Å²) in [6, 6.07) is 11.5. The lowest BCUT2D eigenvalue weighted by Gasteiger charge is -2.38. The number of amides is 2. The topological polar surface area (TPSA) is 77.0 Å². The third kappa shape index (κ3) is 4.24. The van der Waals surface area contributed by atoms with Crippen LogP contribution in [0, 0.1) is 11.6 Å². The summed E-state index contributed by atoms with van der Waals surface area (Å²) in [7, 11) is 0. The first-order valence-electron chi connectivity index (χ1n) is 9.69. The largest absolute Gasteiger partial charge is 0.366 e. The number of piperazine rings is 1. The highest BCUT2D eigenvalue weighted by Gasteiger charge is 2.31. The van der Waals surface area contributed by atoms with E-state index in [1.165, 1.54) is 24.3 Å². The predicted octanol–water partition coefficient (Wildman–Crippen LogP) is 1.97. The zero-order valence-electron chi connectivity index (χ0n) is 16.1. The van der Waals surface area contributed by atoms with Gasteiger partial charge in [0.1, 0.15) is 17.7 Å². The number of aliphatic imine (C=N–C) groups is 1. The molecule has 2 amide bonds. The van der Waals surface area contributed by atoms with Crippen molar-refractivity contribution in [1.29, 1.82) is 0 Å². The highest BCUT2D eigenvalue weighted by atomic mass is 19.1. The molecule has 0 radical (unpaired) electrons. The number of anilines is 2. The molecule has 0 unspecified atom stereocenters. The molecule has 0 aliphatic carbocycles. The van der Waals surface area contributed by atoms with Crippen molar-refractivity contribution in [3.8, 4) is 0 Å². The number of para-hydroxylation sites is 2. The maximum atomic E-state index is 14.0. The number of hydrogen-bond acceptors (Lipinski definition) is 5. The minimum absolute atomic E-state index is 0.0451. The van der Waals surface area contributed by atoms with Crippen molar-refractivity contribution in [2.45, 2.75) is 12.5 Å². The fourth-order valence-electron chi connectivity index (χ4n) is 3.53. The van der Waals surface area contributed by atoms with Crippen LogP contribution in [0.3, 0.4) is 0 Å². The molecule has 0 bridgehead atoms. The van der Waals surface area contributed by atoms with Gasteiger partial charge in [-0.3, -0.25) is 14.9 Å². The second-order valence-corrected chi connectivity index (χ2v) is 7.12. The number of carbonyl (C=O) groups excluding carboxylic acids is 2. The van der Waals surface area contributed by atoms with Gasteiger partial charge in [0.15, 0.2) is 0 Å². The molecule has 2 aromatic rings. The summed E-state index contributed by atoms with van der Waals surface area (Å²) in [6.07, 6.45) is -0.112. The van der Waals surface area contributed by atoms with Gasteiger partial charge in [-0.05, 0) is 24.3 Å². The zero-order chi connectivity index (χ0) is 21.1. The Labute approximate surface area is 172 Å². The van der Waals surface area contributed by atoms with Crippen LogP contribution in [-0.4, -0.2) is 54.9 Å². The van der Waals surface area contributed by atoms with E-state index in [4.69, 9.17) is 0 Å². The number of rotatable bonds is 3. The number of benzene rings is 2. The number of nitrogens with one attached hydrogen (secondary N) is 2. The van der Waals surface area contributed by atoms with E-state index in [-0.39, 0.29) is 23.8 Å². The van der Waals surface area contributed by atoms with Crippen LogP contribution in [0.4, 0.5) is 20.2 Å². The minimum Gasteiger partial charge on any atom is -0.366 e. The first-order valence-corrected chi connectivity index (χ1v) is 9.69. The molecule has 7 nitrogen and oxygen atoms in total.